The van der Waals surface area contributed by atoms with Crippen LogP contribution in [-0.4, -0.2) is 91.3 Å². The molecule has 20 nitrogen and oxygen atoms in total. The zero-order valence-corrected chi connectivity index (χ0v) is 42.4. The first-order valence-electron chi connectivity index (χ1n) is 24.4. The minimum absolute atomic E-state index is 0.0265. The van der Waals surface area contributed by atoms with Crippen molar-refractivity contribution in [3.05, 3.63) is 72.0 Å². The maximum absolute atomic E-state index is 12.2. The quantitative estimate of drug-likeness (QED) is 0.0164. The van der Waals surface area contributed by atoms with Crippen LogP contribution in [-0.2, 0) is 44.3 Å². The molecule has 2 aromatic rings. The van der Waals surface area contributed by atoms with Crippen molar-refractivity contribution in [2.24, 2.45) is 0 Å². The molecular weight excluding hydrogens is 928 g/mol. The summed E-state index contributed by atoms with van der Waals surface area (Å²) in [6.07, 6.45) is 11.0. The third-order valence-corrected chi connectivity index (χ3v) is 12.8. The Morgan fingerprint density at radius 1 is 0.900 bits per heavy atom. The molecule has 1 aliphatic heterocycles. The molecule has 0 radical (unpaired) electrons. The molecule has 0 aliphatic carbocycles. The standard InChI is InChI=1S/C26H39N3O6.C23H36N3O8P/c1-20-18-22(14-16-24(20)29(34)35)19-28-26(33)12-8-5-9-17-27-25(32)11-7-4-3-6-10-23(31)15-13-21(2)30;1-4-19-18(27)14-21(33-19)26-15-17(22(29)25-23(26)30)10-9-12-24-20(28)11-7-5-6-8-13-35(31,32)34-16(2)3/h14,16,18H,3-13,15,17,19H2,1-2H3,(H,27,32)(H,28,33);15-16,18-19,21,27H,4-8,11-14H2,1-3H3,(H,24,28)(H,31,32)(H,25,29,30). The lowest BCUT2D eigenvalue weighted by Crippen LogP contribution is -2.33. The van der Waals surface area contributed by atoms with Gasteiger partial charge in [-0.2, -0.15) is 0 Å². The van der Waals surface area contributed by atoms with Gasteiger partial charge in [-0.3, -0.25) is 48.2 Å². The molecule has 1 aromatic heterocycles. The van der Waals surface area contributed by atoms with E-state index in [2.05, 4.69) is 32.8 Å². The first kappa shape index (κ1) is 60.8. The molecule has 6 N–H and O–H groups in total. The number of H-pyrrole nitrogens is 1. The number of carbonyl (C=O) groups is 5. The van der Waals surface area contributed by atoms with E-state index in [0.717, 1.165) is 63.4 Å². The van der Waals surface area contributed by atoms with Crippen LogP contribution in [0.3, 0.4) is 0 Å². The van der Waals surface area contributed by atoms with Crippen LogP contribution in [0.2, 0.25) is 0 Å². The number of unbranched alkanes of at least 4 members (excludes halogenated alkanes) is 8. The highest BCUT2D eigenvalue weighted by atomic mass is 31.2. The highest BCUT2D eigenvalue weighted by molar-refractivity contribution is 7.52. The van der Waals surface area contributed by atoms with Crippen LogP contribution < -0.4 is 27.2 Å². The number of Topliss-reactive ketones (excluding diaryl/α,β-unsaturated/α-hetero) is 2. The lowest BCUT2D eigenvalue weighted by molar-refractivity contribution is -0.385. The number of nitrogens with zero attached hydrogens (tertiary/aromatic N) is 2. The lowest BCUT2D eigenvalue weighted by Gasteiger charge is -2.14. The lowest BCUT2D eigenvalue weighted by atomic mass is 10.1. The number of aliphatic hydroxyl groups excluding tert-OH is 1. The van der Waals surface area contributed by atoms with E-state index in [1.807, 2.05) is 6.92 Å². The monoisotopic (exact) mass is 1000 g/mol. The molecule has 0 saturated carbocycles. The second kappa shape index (κ2) is 33.3. The van der Waals surface area contributed by atoms with Gasteiger partial charge in [0, 0.05) is 82.0 Å². The third kappa shape index (κ3) is 26.0. The summed E-state index contributed by atoms with van der Waals surface area (Å²) >= 11 is 0. The highest BCUT2D eigenvalue weighted by Gasteiger charge is 2.34. The van der Waals surface area contributed by atoms with Crippen LogP contribution in [0, 0.1) is 28.9 Å². The third-order valence-electron chi connectivity index (χ3n) is 11.2. The summed E-state index contributed by atoms with van der Waals surface area (Å²) in [6.45, 7) is 9.42. The van der Waals surface area contributed by atoms with Gasteiger partial charge in [0.25, 0.3) is 11.2 Å². The molecule has 390 valence electrons. The van der Waals surface area contributed by atoms with E-state index in [1.54, 1.807) is 32.9 Å². The molecule has 70 heavy (non-hydrogen) atoms. The molecule has 4 unspecified atom stereocenters. The predicted octanol–water partition coefficient (Wildman–Crippen LogP) is 6.10. The number of nitro benzene ring substituents is 1. The number of nitrogens with one attached hydrogen (secondary N) is 4. The van der Waals surface area contributed by atoms with Gasteiger partial charge in [-0.1, -0.05) is 56.9 Å². The number of aromatic nitrogens is 2. The Labute approximate surface area is 410 Å². The molecule has 3 rings (SSSR count). The minimum Gasteiger partial charge on any atom is -0.390 e. The van der Waals surface area contributed by atoms with E-state index in [-0.39, 0.29) is 71.9 Å². The number of benzene rings is 1. The fourth-order valence-corrected chi connectivity index (χ4v) is 8.76. The van der Waals surface area contributed by atoms with E-state index >= 15 is 0 Å². The molecule has 1 aromatic carbocycles. The Kier molecular flexibility index (Phi) is 28.9. The van der Waals surface area contributed by atoms with Gasteiger partial charge >= 0.3 is 13.3 Å². The maximum Gasteiger partial charge on any atom is 0.330 e. The van der Waals surface area contributed by atoms with Crippen LogP contribution in [0.1, 0.15) is 173 Å². The largest absolute Gasteiger partial charge is 0.390 e. The first-order chi connectivity index (χ1) is 33.2. The van der Waals surface area contributed by atoms with Crippen molar-refractivity contribution in [2.75, 3.05) is 19.3 Å². The first-order valence-corrected chi connectivity index (χ1v) is 26.2. The number of amides is 3. The number of aromatic amines is 1. The Bertz CT molecular complexity index is 2250. The van der Waals surface area contributed by atoms with Gasteiger partial charge in [0.15, 0.2) is 0 Å². The van der Waals surface area contributed by atoms with E-state index in [1.165, 1.54) is 23.8 Å². The van der Waals surface area contributed by atoms with Crippen molar-refractivity contribution in [1.29, 1.82) is 0 Å². The van der Waals surface area contributed by atoms with E-state index in [9.17, 15) is 58.2 Å². The number of carbonyl (C=O) groups excluding carboxylic acids is 5. The molecule has 4 atom stereocenters. The fraction of sp³-hybridized carbons (Fsp3) is 0.653. The summed E-state index contributed by atoms with van der Waals surface area (Å²) in [5, 5.41) is 29.3. The summed E-state index contributed by atoms with van der Waals surface area (Å²) < 4.78 is 23.7. The Hall–Kier alpha value is -5.32. The smallest absolute Gasteiger partial charge is 0.330 e. The van der Waals surface area contributed by atoms with Crippen molar-refractivity contribution < 1.29 is 52.7 Å². The number of hydrogen-bond acceptors (Lipinski definition) is 13. The second-order valence-corrected chi connectivity index (χ2v) is 19.7. The Morgan fingerprint density at radius 2 is 1.50 bits per heavy atom. The number of aliphatic hydroxyl groups is 1. The van der Waals surface area contributed by atoms with Gasteiger partial charge < -0.3 is 40.0 Å². The van der Waals surface area contributed by atoms with Crippen molar-refractivity contribution in [2.45, 2.75) is 188 Å². The van der Waals surface area contributed by atoms with Gasteiger partial charge in [-0.25, -0.2) is 4.79 Å². The minimum atomic E-state index is -3.54. The number of nitro groups is 1. The summed E-state index contributed by atoms with van der Waals surface area (Å²) in [5.41, 5.74) is 0.233. The average molecular weight is 1000 g/mol. The SMILES string of the molecule is CC(=O)CCC(=O)CCCCCCC(=O)NCCCCCC(=O)NCc1ccc([N+](=O)[O-])c(C)c1.CCC1OC(n2cc(C#CCNC(=O)CCCCCCP(=O)(O)OC(C)C)c(=O)[nH]c2=O)CC1O. The number of hydrogen-bond donors (Lipinski definition) is 6. The van der Waals surface area contributed by atoms with E-state index < -0.39 is 36.1 Å². The number of ether oxygens (including phenoxy) is 1. The molecule has 21 heteroatoms. The molecule has 1 saturated heterocycles. The summed E-state index contributed by atoms with van der Waals surface area (Å²) in [7, 11) is -3.54. The van der Waals surface area contributed by atoms with Gasteiger partial charge in [0.05, 0.1) is 29.8 Å². The molecule has 1 aliphatic rings. The molecule has 0 spiro atoms. The topological polar surface area (TPSA) is 295 Å². The summed E-state index contributed by atoms with van der Waals surface area (Å²) in [4.78, 5) is 105. The molecular formula is C49H75N6O14P. The molecule has 3 amide bonds. The van der Waals surface area contributed by atoms with Crippen LogP contribution >= 0.6 is 7.60 Å². The van der Waals surface area contributed by atoms with E-state index in [0.29, 0.717) is 76.4 Å². The van der Waals surface area contributed by atoms with Gasteiger partial charge in [-0.05, 0) is 84.3 Å². The van der Waals surface area contributed by atoms with Gasteiger partial charge in [-0.15, -0.1) is 0 Å². The predicted molar refractivity (Wildman–Crippen MR) is 264 cm³/mol. The number of ketones is 2. The zero-order chi connectivity index (χ0) is 52.1. The van der Waals surface area contributed by atoms with Crippen LogP contribution in [0.5, 0.6) is 0 Å². The summed E-state index contributed by atoms with van der Waals surface area (Å²) in [5.74, 6) is 5.31. The highest BCUT2D eigenvalue weighted by Crippen LogP contribution is 2.44. The second-order valence-electron chi connectivity index (χ2n) is 17.8. The average Bonchev–Trinajstić information content (AvgIpc) is 3.67. The molecule has 0 bridgehead atoms. The van der Waals surface area contributed by atoms with Crippen LogP contribution in [0.25, 0.3) is 0 Å². The normalized spacial score (nSPS) is 16.0. The Morgan fingerprint density at radius 3 is 2.09 bits per heavy atom. The van der Waals surface area contributed by atoms with Crippen molar-refractivity contribution >= 4 is 42.6 Å². The molecule has 2 heterocycles. The Balaban J connectivity index is 0.000000480. The van der Waals surface area contributed by atoms with Gasteiger partial charge in [0.2, 0.25) is 17.7 Å². The molecule has 1 fully saturated rings. The van der Waals surface area contributed by atoms with Crippen molar-refractivity contribution in [3.63, 3.8) is 0 Å². The van der Waals surface area contributed by atoms with Crippen LogP contribution in [0.4, 0.5) is 5.69 Å². The van der Waals surface area contributed by atoms with Crippen molar-refractivity contribution in [1.82, 2.24) is 25.5 Å². The zero-order valence-electron chi connectivity index (χ0n) is 41.5. The summed E-state index contributed by atoms with van der Waals surface area (Å²) in [6, 6.07) is 4.81. The van der Waals surface area contributed by atoms with E-state index in [4.69, 9.17) is 9.26 Å². The fourth-order valence-electron chi connectivity index (χ4n) is 7.37. The van der Waals surface area contributed by atoms with Crippen LogP contribution in [0.15, 0.2) is 34.0 Å². The van der Waals surface area contributed by atoms with Crippen molar-refractivity contribution in [3.8, 4) is 11.8 Å². The number of aryl methyl sites for hydroxylation is 1. The maximum atomic E-state index is 12.2. The number of rotatable bonds is 31. The van der Waals surface area contributed by atoms with Gasteiger partial charge in [0.1, 0.15) is 23.4 Å².